The van der Waals surface area contributed by atoms with Crippen LogP contribution in [0.1, 0.15) is 49.9 Å². The van der Waals surface area contributed by atoms with E-state index in [9.17, 15) is 0 Å². The summed E-state index contributed by atoms with van der Waals surface area (Å²) in [5.74, 6) is 0. The summed E-state index contributed by atoms with van der Waals surface area (Å²) in [5, 5.41) is 11.5. The number of nitrogens with zero attached hydrogens (tertiary/aromatic N) is 2. The molecule has 0 aliphatic heterocycles. The normalized spacial score (nSPS) is 13.1. The van der Waals surface area contributed by atoms with Gasteiger partial charge in [-0.15, -0.1) is 0 Å². The maximum absolute atomic E-state index is 7.23. The third-order valence-electron chi connectivity index (χ3n) is 24.5. The largest absolute Gasteiger partial charge is 0.455 e. The van der Waals surface area contributed by atoms with Crippen molar-refractivity contribution < 1.29 is 8.83 Å². The van der Waals surface area contributed by atoms with E-state index >= 15 is 0 Å². The van der Waals surface area contributed by atoms with E-state index in [-0.39, 0.29) is 10.8 Å². The maximum atomic E-state index is 7.23. The molecule has 22 rings (SSSR count). The van der Waals surface area contributed by atoms with E-state index in [1.54, 1.807) is 0 Å². The minimum absolute atomic E-state index is 0.164. The fourth-order valence-corrected chi connectivity index (χ4v) is 19.3. The first-order chi connectivity index (χ1) is 55.1. The first kappa shape index (κ1) is 65.1. The highest BCUT2D eigenvalue weighted by molar-refractivity contribution is 6.17. The molecule has 4 heteroatoms. The second-order valence-electron chi connectivity index (χ2n) is 31.2. The minimum atomic E-state index is -0.165. The van der Waals surface area contributed by atoms with Crippen molar-refractivity contribution in [1.29, 1.82) is 0 Å². The Balaban J connectivity index is 0.661. The summed E-state index contributed by atoms with van der Waals surface area (Å²) in [6.45, 7) is 9.46. The van der Waals surface area contributed by atoms with Gasteiger partial charge in [-0.05, 0) is 165 Å². The standard InChI is InChI=1S/C108H74N2O2/c1-107(2)92-48-14-7-35-89(92)103-83(42-25-50-94(103)107)77-30-9-16-52-96(77)109(97-53-17-11-32-79(97)85-44-23-46-87-82-34-13-20-57-101(82)111-105(85)87)70-62-58-68(59-63-70)72-37-21-40-75-73(38-22-39-74(72)75)69-61-65-102-91(66-69)88-47-24-45-86(106(88)112-102)80-33-12-19-55-99(80)110(100-56-27-41-76-71-29-6-5-28-67(71)60-64-81(76)100)98-54-18-10-31-78(98)84-43-26-51-95-104(84)90-36-8-15-49-93(90)108(95,3)4/h5-66H,1-4H3. The second-order valence-corrected chi connectivity index (χ2v) is 31.2. The van der Waals surface area contributed by atoms with Gasteiger partial charge in [-0.2, -0.15) is 0 Å². The van der Waals surface area contributed by atoms with Crippen LogP contribution in [0, 0.1) is 0 Å². The first-order valence-electron chi connectivity index (χ1n) is 39.0. The Morgan fingerprint density at radius 2 is 0.571 bits per heavy atom. The molecule has 528 valence electrons. The Labute approximate surface area is 650 Å². The van der Waals surface area contributed by atoms with Crippen molar-refractivity contribution in [3.05, 3.63) is 398 Å². The summed E-state index contributed by atoms with van der Waals surface area (Å²) in [6.07, 6.45) is 0. The van der Waals surface area contributed by atoms with Crippen molar-refractivity contribution in [3.8, 4) is 89.0 Å². The van der Waals surface area contributed by atoms with Crippen LogP contribution in [-0.4, -0.2) is 0 Å². The number of fused-ring (bicyclic) bond motifs is 16. The Morgan fingerprint density at radius 3 is 1.14 bits per heavy atom. The summed E-state index contributed by atoms with van der Waals surface area (Å²) in [4.78, 5) is 4.99. The zero-order valence-corrected chi connectivity index (χ0v) is 62.5. The van der Waals surface area contributed by atoms with Crippen molar-refractivity contribution in [2.24, 2.45) is 0 Å². The van der Waals surface area contributed by atoms with E-state index < -0.39 is 0 Å². The lowest BCUT2D eigenvalue weighted by Gasteiger charge is -2.31. The van der Waals surface area contributed by atoms with Crippen molar-refractivity contribution in [2.75, 3.05) is 9.80 Å². The summed E-state index contributed by atoms with van der Waals surface area (Å²) in [6, 6.07) is 139. The molecule has 0 amide bonds. The molecule has 4 nitrogen and oxygen atoms in total. The van der Waals surface area contributed by atoms with Crippen LogP contribution in [0.4, 0.5) is 34.1 Å². The van der Waals surface area contributed by atoms with Gasteiger partial charge in [-0.25, -0.2) is 0 Å². The smallest absolute Gasteiger partial charge is 0.143 e. The van der Waals surface area contributed by atoms with E-state index in [0.717, 1.165) is 139 Å². The lowest BCUT2D eigenvalue weighted by Crippen LogP contribution is -2.15. The van der Waals surface area contributed by atoms with Gasteiger partial charge in [0.05, 0.1) is 28.4 Å². The van der Waals surface area contributed by atoms with Crippen LogP contribution in [0.15, 0.2) is 385 Å². The predicted octanol–water partition coefficient (Wildman–Crippen LogP) is 30.5. The third kappa shape index (κ3) is 9.87. The number of furan rings is 2. The highest BCUT2D eigenvalue weighted by Gasteiger charge is 2.39. The summed E-state index contributed by atoms with van der Waals surface area (Å²) in [5.41, 5.74) is 33.5. The van der Waals surface area contributed by atoms with Crippen molar-refractivity contribution in [3.63, 3.8) is 0 Å². The van der Waals surface area contributed by atoms with Crippen LogP contribution < -0.4 is 9.80 Å². The number of para-hydroxylation sites is 7. The van der Waals surface area contributed by atoms with Gasteiger partial charge in [0.25, 0.3) is 0 Å². The fraction of sp³-hybridized carbons (Fsp3) is 0.0556. The average Bonchev–Trinajstić information content (AvgIpc) is 1.52. The highest BCUT2D eigenvalue weighted by atomic mass is 16.3. The Bertz CT molecular complexity index is 7290. The number of anilines is 6. The highest BCUT2D eigenvalue weighted by Crippen LogP contribution is 2.58. The van der Waals surface area contributed by atoms with Crippen LogP contribution >= 0.6 is 0 Å². The molecule has 0 saturated carbocycles. The topological polar surface area (TPSA) is 32.8 Å². The molecule has 2 aliphatic carbocycles. The van der Waals surface area contributed by atoms with Crippen LogP contribution in [0.25, 0.3) is 165 Å². The molecule has 0 unspecified atom stereocenters. The number of benzene rings is 18. The lowest BCUT2D eigenvalue weighted by atomic mass is 9.82. The molecule has 0 radical (unpaired) electrons. The van der Waals surface area contributed by atoms with Crippen LogP contribution in [-0.2, 0) is 10.8 Å². The summed E-state index contributed by atoms with van der Waals surface area (Å²) >= 11 is 0. The predicted molar refractivity (Wildman–Crippen MR) is 471 cm³/mol. The molecule has 112 heavy (non-hydrogen) atoms. The van der Waals surface area contributed by atoms with E-state index in [1.165, 1.54) is 82.6 Å². The van der Waals surface area contributed by atoms with Crippen molar-refractivity contribution >= 4 is 110 Å². The molecule has 2 aromatic heterocycles. The minimum Gasteiger partial charge on any atom is -0.455 e. The van der Waals surface area contributed by atoms with Gasteiger partial charge in [-0.3, -0.25) is 0 Å². The van der Waals surface area contributed by atoms with E-state index in [1.807, 2.05) is 6.07 Å². The fourth-order valence-electron chi connectivity index (χ4n) is 19.3. The van der Waals surface area contributed by atoms with E-state index in [0.29, 0.717) is 0 Å². The second kappa shape index (κ2) is 25.3. The zero-order chi connectivity index (χ0) is 74.5. The molecule has 0 spiro atoms. The van der Waals surface area contributed by atoms with Gasteiger partial charge in [-0.1, -0.05) is 343 Å². The van der Waals surface area contributed by atoms with Gasteiger partial charge >= 0.3 is 0 Å². The average molecular weight is 1430 g/mol. The quantitative estimate of drug-likeness (QED) is 0.114. The van der Waals surface area contributed by atoms with E-state index in [2.05, 4.69) is 408 Å². The number of rotatable bonds is 12. The maximum Gasteiger partial charge on any atom is 0.143 e. The Kier molecular flexibility index (Phi) is 14.7. The monoisotopic (exact) mass is 1430 g/mol. The zero-order valence-electron chi connectivity index (χ0n) is 62.5. The molecular formula is C108H74N2O2. The molecule has 0 atom stereocenters. The number of hydrogen-bond acceptors (Lipinski definition) is 4. The van der Waals surface area contributed by atoms with Crippen LogP contribution in [0.2, 0.25) is 0 Å². The molecule has 0 bridgehead atoms. The van der Waals surface area contributed by atoms with Gasteiger partial charge in [0.2, 0.25) is 0 Å². The van der Waals surface area contributed by atoms with Gasteiger partial charge in [0.1, 0.15) is 22.3 Å². The third-order valence-corrected chi connectivity index (χ3v) is 24.5. The van der Waals surface area contributed by atoms with Gasteiger partial charge in [0, 0.05) is 76.8 Å². The lowest BCUT2D eigenvalue weighted by molar-refractivity contribution is 0.660. The van der Waals surface area contributed by atoms with Crippen LogP contribution in [0.5, 0.6) is 0 Å². The summed E-state index contributed by atoms with van der Waals surface area (Å²) in [7, 11) is 0. The Morgan fingerprint density at radius 1 is 0.205 bits per heavy atom. The number of hydrogen-bond donors (Lipinski definition) is 0. The molecular weight excluding hydrogens is 1360 g/mol. The molecule has 20 aromatic rings. The van der Waals surface area contributed by atoms with Gasteiger partial charge in [0.15, 0.2) is 0 Å². The van der Waals surface area contributed by atoms with E-state index in [4.69, 9.17) is 8.83 Å². The van der Waals surface area contributed by atoms with Gasteiger partial charge < -0.3 is 18.6 Å². The van der Waals surface area contributed by atoms with Crippen LogP contribution in [0.3, 0.4) is 0 Å². The van der Waals surface area contributed by atoms with Crippen molar-refractivity contribution in [1.82, 2.24) is 0 Å². The Hall–Kier alpha value is -14.1. The first-order valence-corrected chi connectivity index (χ1v) is 39.0. The molecule has 18 aromatic carbocycles. The molecule has 0 N–H and O–H groups in total. The molecule has 0 saturated heterocycles. The molecule has 2 heterocycles. The van der Waals surface area contributed by atoms with Crippen molar-refractivity contribution in [2.45, 2.75) is 38.5 Å². The molecule has 2 aliphatic rings. The molecule has 0 fully saturated rings. The SMILES string of the molecule is CC1(C)c2ccccc2-c2c(-c3ccccc3N(c3ccc(-c4cccc5c(-c6ccc7oc8c(-c9ccccc9N(c9ccccc9-c9cccc%10c9-c9ccccc9C%10(C)C)c9cccc%10c9ccc9ccccc9%10)cccc8c7c6)cccc45)cc3)c3ccccc3-c3cccc4c3oc3ccccc34)cccc21. The summed E-state index contributed by atoms with van der Waals surface area (Å²) < 4.78 is 14.1.